The van der Waals surface area contributed by atoms with Gasteiger partial charge in [-0.05, 0) is 29.3 Å². The molecule has 2 aromatic rings. The van der Waals surface area contributed by atoms with Crippen molar-refractivity contribution in [1.82, 2.24) is 0 Å². The van der Waals surface area contributed by atoms with Crippen LogP contribution in [0.4, 0.5) is 10.1 Å². The molecule has 2 aromatic carbocycles. The Morgan fingerprint density at radius 1 is 1.21 bits per heavy atom. The number of halogens is 1. The topological polar surface area (TPSA) is 29.1 Å². The predicted octanol–water partition coefficient (Wildman–Crippen LogP) is 3.15. The molecule has 1 N–H and O–H groups in total. The zero-order chi connectivity index (χ0) is 13.2. The van der Waals surface area contributed by atoms with Gasteiger partial charge in [-0.15, -0.1) is 0 Å². The molecule has 0 saturated heterocycles. The first-order valence-electron chi connectivity index (χ1n) is 6.34. The Labute approximate surface area is 111 Å². The number of hydrogen-bond donors (Lipinski definition) is 1. The lowest BCUT2D eigenvalue weighted by Crippen LogP contribution is -2.16. The monoisotopic (exact) mass is 255 g/mol. The smallest absolute Gasteiger partial charge is 0.146 e. The normalized spacial score (nSPS) is 16.8. The van der Waals surface area contributed by atoms with Gasteiger partial charge in [0.15, 0.2) is 0 Å². The lowest BCUT2D eigenvalue weighted by molar-refractivity contribution is -0.119. The summed E-state index contributed by atoms with van der Waals surface area (Å²) in [6, 6.07) is 14.1. The predicted molar refractivity (Wildman–Crippen MR) is 72.8 cm³/mol. The summed E-state index contributed by atoms with van der Waals surface area (Å²) in [6.07, 6.45) is 0.276. The summed E-state index contributed by atoms with van der Waals surface area (Å²) in [6.45, 7) is 0.632. The molecule has 0 saturated carbocycles. The summed E-state index contributed by atoms with van der Waals surface area (Å²) in [7, 11) is 0. The number of nitrogens with one attached hydrogen (secondary N) is 1. The van der Waals surface area contributed by atoms with Crippen LogP contribution in [0.1, 0.15) is 17.0 Å². The van der Waals surface area contributed by atoms with Gasteiger partial charge in [-0.2, -0.15) is 0 Å². The maximum absolute atomic E-state index is 13.1. The minimum Gasteiger partial charge on any atom is -0.384 e. The summed E-state index contributed by atoms with van der Waals surface area (Å²) in [5.74, 6) is -0.294. The van der Waals surface area contributed by atoms with Crippen LogP contribution in [-0.2, 0) is 11.2 Å². The van der Waals surface area contributed by atoms with E-state index in [1.54, 1.807) is 12.1 Å². The fourth-order valence-corrected chi connectivity index (χ4v) is 2.54. The lowest BCUT2D eigenvalue weighted by atomic mass is 9.93. The van der Waals surface area contributed by atoms with Gasteiger partial charge in [0.1, 0.15) is 11.6 Å². The van der Waals surface area contributed by atoms with Crippen molar-refractivity contribution in [1.29, 1.82) is 0 Å². The number of benzene rings is 2. The molecule has 2 nitrogen and oxygen atoms in total. The van der Waals surface area contributed by atoms with Crippen LogP contribution >= 0.6 is 0 Å². The van der Waals surface area contributed by atoms with E-state index in [9.17, 15) is 9.18 Å². The molecule has 0 radical (unpaired) electrons. The third kappa shape index (κ3) is 2.36. The van der Waals surface area contributed by atoms with Crippen LogP contribution in [0.2, 0.25) is 0 Å². The van der Waals surface area contributed by atoms with Gasteiger partial charge < -0.3 is 5.32 Å². The zero-order valence-corrected chi connectivity index (χ0v) is 10.4. The van der Waals surface area contributed by atoms with Crippen molar-refractivity contribution in [3.05, 3.63) is 65.5 Å². The molecule has 3 heteroatoms. The minimum atomic E-state index is -0.296. The second-order valence-electron chi connectivity index (χ2n) is 4.79. The van der Waals surface area contributed by atoms with E-state index < -0.39 is 0 Å². The van der Waals surface area contributed by atoms with E-state index in [4.69, 9.17) is 0 Å². The number of carbonyl (C=O) groups excluding carboxylic acids is 1. The van der Waals surface area contributed by atoms with Crippen molar-refractivity contribution >= 4 is 11.5 Å². The van der Waals surface area contributed by atoms with Crippen LogP contribution in [0.3, 0.4) is 0 Å². The first kappa shape index (κ1) is 11.9. The number of para-hydroxylation sites is 1. The Morgan fingerprint density at radius 2 is 2.05 bits per heavy atom. The van der Waals surface area contributed by atoms with E-state index in [1.807, 2.05) is 24.3 Å². The van der Waals surface area contributed by atoms with Crippen LogP contribution in [0.5, 0.6) is 0 Å². The lowest BCUT2D eigenvalue weighted by Gasteiger charge is -2.09. The van der Waals surface area contributed by atoms with E-state index in [0.717, 1.165) is 16.8 Å². The fraction of sp³-hybridized carbons (Fsp3) is 0.188. The SMILES string of the molecule is O=C(Cc1cccc(F)c1)C1CNc2ccccc21. The molecular formula is C16H14FNO. The summed E-state index contributed by atoms with van der Waals surface area (Å²) >= 11 is 0. The van der Waals surface area contributed by atoms with Gasteiger partial charge in [0, 0.05) is 18.7 Å². The third-order valence-electron chi connectivity index (χ3n) is 3.49. The Kier molecular flexibility index (Phi) is 3.03. The highest BCUT2D eigenvalue weighted by Gasteiger charge is 2.27. The summed E-state index contributed by atoms with van der Waals surface area (Å²) in [4.78, 5) is 12.3. The van der Waals surface area contributed by atoms with Gasteiger partial charge in [-0.3, -0.25) is 4.79 Å². The number of ketones is 1. The number of carbonyl (C=O) groups is 1. The fourth-order valence-electron chi connectivity index (χ4n) is 2.54. The van der Waals surface area contributed by atoms with Crippen molar-refractivity contribution < 1.29 is 9.18 Å². The number of Topliss-reactive ketones (excluding diaryl/α,β-unsaturated/α-hetero) is 1. The van der Waals surface area contributed by atoms with Gasteiger partial charge in [-0.1, -0.05) is 30.3 Å². The van der Waals surface area contributed by atoms with Gasteiger partial charge >= 0.3 is 0 Å². The van der Waals surface area contributed by atoms with E-state index in [1.165, 1.54) is 12.1 Å². The first-order valence-corrected chi connectivity index (χ1v) is 6.34. The largest absolute Gasteiger partial charge is 0.384 e. The minimum absolute atomic E-state index is 0.125. The molecule has 1 atom stereocenters. The molecule has 96 valence electrons. The van der Waals surface area contributed by atoms with E-state index in [-0.39, 0.29) is 23.9 Å². The zero-order valence-electron chi connectivity index (χ0n) is 10.4. The Bertz CT molecular complexity index is 624. The highest BCUT2D eigenvalue weighted by Crippen LogP contribution is 2.32. The van der Waals surface area contributed by atoms with Crippen molar-refractivity contribution in [2.45, 2.75) is 12.3 Å². The molecule has 19 heavy (non-hydrogen) atoms. The van der Waals surface area contributed by atoms with Gasteiger partial charge in [0.2, 0.25) is 0 Å². The van der Waals surface area contributed by atoms with E-state index >= 15 is 0 Å². The van der Waals surface area contributed by atoms with Crippen LogP contribution < -0.4 is 5.32 Å². The van der Waals surface area contributed by atoms with Crippen LogP contribution in [-0.4, -0.2) is 12.3 Å². The van der Waals surface area contributed by atoms with Gasteiger partial charge in [0.05, 0.1) is 5.92 Å². The molecule has 0 bridgehead atoms. The molecule has 0 fully saturated rings. The number of hydrogen-bond acceptors (Lipinski definition) is 2. The summed E-state index contributed by atoms with van der Waals surface area (Å²) < 4.78 is 13.1. The Balaban J connectivity index is 1.79. The van der Waals surface area contributed by atoms with Crippen molar-refractivity contribution in [2.24, 2.45) is 0 Å². The Hall–Kier alpha value is -2.16. The van der Waals surface area contributed by atoms with Crippen molar-refractivity contribution in [3.8, 4) is 0 Å². The Morgan fingerprint density at radius 3 is 2.89 bits per heavy atom. The molecular weight excluding hydrogens is 241 g/mol. The maximum Gasteiger partial charge on any atom is 0.146 e. The molecule has 3 rings (SSSR count). The molecule has 1 aliphatic heterocycles. The van der Waals surface area contributed by atoms with E-state index in [2.05, 4.69) is 5.32 Å². The molecule has 0 amide bonds. The van der Waals surface area contributed by atoms with Crippen molar-refractivity contribution in [2.75, 3.05) is 11.9 Å². The second kappa shape index (κ2) is 4.84. The molecule has 1 aliphatic rings. The summed E-state index contributed by atoms with van der Waals surface area (Å²) in [5.41, 5.74) is 2.80. The summed E-state index contributed by atoms with van der Waals surface area (Å²) in [5, 5.41) is 3.23. The average Bonchev–Trinajstić information content (AvgIpc) is 2.82. The molecule has 0 aliphatic carbocycles. The third-order valence-corrected chi connectivity index (χ3v) is 3.49. The molecule has 1 unspecified atom stereocenters. The maximum atomic E-state index is 13.1. The number of rotatable bonds is 3. The van der Waals surface area contributed by atoms with Crippen LogP contribution in [0.15, 0.2) is 48.5 Å². The second-order valence-corrected chi connectivity index (χ2v) is 4.79. The first-order chi connectivity index (χ1) is 9.24. The van der Waals surface area contributed by atoms with Crippen LogP contribution in [0.25, 0.3) is 0 Å². The van der Waals surface area contributed by atoms with Crippen LogP contribution in [0, 0.1) is 5.82 Å². The number of anilines is 1. The average molecular weight is 255 g/mol. The van der Waals surface area contributed by atoms with Gasteiger partial charge in [0.25, 0.3) is 0 Å². The molecule has 0 spiro atoms. The van der Waals surface area contributed by atoms with Gasteiger partial charge in [-0.25, -0.2) is 4.39 Å². The standard InChI is InChI=1S/C16H14FNO/c17-12-5-3-4-11(8-12)9-16(19)14-10-18-15-7-2-1-6-13(14)15/h1-8,14,18H,9-10H2. The molecule has 0 aromatic heterocycles. The highest BCUT2D eigenvalue weighted by atomic mass is 19.1. The quantitative estimate of drug-likeness (QED) is 0.912. The highest BCUT2D eigenvalue weighted by molar-refractivity contribution is 5.91. The number of fused-ring (bicyclic) bond motifs is 1. The van der Waals surface area contributed by atoms with Crippen molar-refractivity contribution in [3.63, 3.8) is 0 Å². The van der Waals surface area contributed by atoms with E-state index in [0.29, 0.717) is 6.54 Å². The molecule has 1 heterocycles.